The van der Waals surface area contributed by atoms with Gasteiger partial charge in [-0.25, -0.2) is 0 Å². The van der Waals surface area contributed by atoms with Crippen LogP contribution in [0.15, 0.2) is 18.2 Å². The number of nitro groups is 1. The van der Waals surface area contributed by atoms with E-state index < -0.39 is 4.92 Å². The van der Waals surface area contributed by atoms with Gasteiger partial charge in [-0.1, -0.05) is 0 Å². The van der Waals surface area contributed by atoms with Crippen LogP contribution in [0.25, 0.3) is 0 Å². The van der Waals surface area contributed by atoms with E-state index in [2.05, 4.69) is 5.43 Å². The number of hydrogen-bond acceptors (Lipinski definition) is 5. The first-order valence-corrected chi connectivity index (χ1v) is 3.54. The van der Waals surface area contributed by atoms with Gasteiger partial charge in [0.2, 0.25) is 0 Å². The number of rotatable bonds is 3. The third-order valence-corrected chi connectivity index (χ3v) is 1.63. The highest BCUT2D eigenvalue weighted by Gasteiger charge is 2.08. The van der Waals surface area contributed by atoms with Crippen LogP contribution in [0.2, 0.25) is 0 Å². The molecule has 0 heterocycles. The van der Waals surface area contributed by atoms with E-state index in [9.17, 15) is 10.1 Å². The third kappa shape index (κ3) is 1.92. The average molecular weight is 183 g/mol. The van der Waals surface area contributed by atoms with Crippen LogP contribution in [0.5, 0.6) is 0 Å². The predicted octanol–water partition coefficient (Wildman–Crippen LogP) is 0.373. The number of benzene rings is 1. The molecule has 0 spiro atoms. The van der Waals surface area contributed by atoms with Gasteiger partial charge in [0.05, 0.1) is 17.2 Å². The Morgan fingerprint density at radius 2 is 2.31 bits per heavy atom. The predicted molar refractivity (Wildman–Crippen MR) is 46.8 cm³/mol. The van der Waals surface area contributed by atoms with Crippen molar-refractivity contribution in [2.24, 2.45) is 5.84 Å². The van der Waals surface area contributed by atoms with E-state index >= 15 is 0 Å². The summed E-state index contributed by atoms with van der Waals surface area (Å²) in [7, 11) is 0. The Kier molecular flexibility index (Phi) is 2.78. The highest BCUT2D eigenvalue weighted by atomic mass is 16.6. The number of aliphatic hydroxyl groups excluding tert-OH is 1. The van der Waals surface area contributed by atoms with Gasteiger partial charge in [0.15, 0.2) is 0 Å². The van der Waals surface area contributed by atoms with E-state index in [1.54, 1.807) is 0 Å². The molecular formula is C7H9N3O3. The normalized spacial score (nSPS) is 9.69. The van der Waals surface area contributed by atoms with Gasteiger partial charge in [-0.3, -0.25) is 16.0 Å². The van der Waals surface area contributed by atoms with Crippen LogP contribution in [0.1, 0.15) is 5.56 Å². The molecule has 0 unspecified atom stereocenters. The van der Waals surface area contributed by atoms with E-state index in [1.165, 1.54) is 18.2 Å². The third-order valence-electron chi connectivity index (χ3n) is 1.63. The van der Waals surface area contributed by atoms with Gasteiger partial charge in [-0.2, -0.15) is 0 Å². The molecule has 6 heteroatoms. The van der Waals surface area contributed by atoms with E-state index in [0.717, 1.165) is 0 Å². The summed E-state index contributed by atoms with van der Waals surface area (Å²) < 4.78 is 0. The Morgan fingerprint density at radius 3 is 2.77 bits per heavy atom. The molecule has 13 heavy (non-hydrogen) atoms. The van der Waals surface area contributed by atoms with Crippen molar-refractivity contribution in [2.45, 2.75) is 6.61 Å². The molecule has 0 amide bonds. The van der Waals surface area contributed by atoms with Crippen molar-refractivity contribution in [3.05, 3.63) is 33.9 Å². The van der Waals surface area contributed by atoms with Crippen LogP contribution in [0.4, 0.5) is 11.4 Å². The number of hydrogen-bond donors (Lipinski definition) is 3. The van der Waals surface area contributed by atoms with Crippen LogP contribution in [-0.2, 0) is 6.61 Å². The summed E-state index contributed by atoms with van der Waals surface area (Å²) in [4.78, 5) is 9.81. The lowest BCUT2D eigenvalue weighted by molar-refractivity contribution is -0.384. The van der Waals surface area contributed by atoms with Crippen LogP contribution in [-0.4, -0.2) is 10.0 Å². The second-order valence-electron chi connectivity index (χ2n) is 2.40. The van der Waals surface area contributed by atoms with Gasteiger partial charge >= 0.3 is 0 Å². The Balaban J connectivity index is 3.13. The van der Waals surface area contributed by atoms with E-state index in [-0.39, 0.29) is 12.3 Å². The molecule has 4 N–H and O–H groups in total. The van der Waals surface area contributed by atoms with Crippen LogP contribution in [0.3, 0.4) is 0 Å². The number of nitrogen functional groups attached to an aromatic ring is 1. The summed E-state index contributed by atoms with van der Waals surface area (Å²) in [5, 5.41) is 19.2. The minimum absolute atomic E-state index is 0.0666. The Hall–Kier alpha value is -1.66. The zero-order chi connectivity index (χ0) is 9.84. The standard InChI is InChI=1S/C7H9N3O3/c8-9-7-2-1-6(10(12)13)3-5(7)4-11/h1-3,9,11H,4,8H2. The Labute approximate surface area is 74.1 Å². The fourth-order valence-electron chi connectivity index (χ4n) is 0.965. The first-order chi connectivity index (χ1) is 6.19. The van der Waals surface area contributed by atoms with Gasteiger partial charge in [0.25, 0.3) is 5.69 Å². The molecule has 0 saturated heterocycles. The molecule has 0 bridgehead atoms. The van der Waals surface area contributed by atoms with Crippen molar-refractivity contribution in [3.8, 4) is 0 Å². The summed E-state index contributed by atoms with van der Waals surface area (Å²) in [5.74, 6) is 5.12. The molecule has 0 atom stereocenters. The number of nitro benzene ring substituents is 1. The maximum atomic E-state index is 10.3. The summed E-state index contributed by atoms with van der Waals surface area (Å²) in [6, 6.07) is 4.03. The Morgan fingerprint density at radius 1 is 1.62 bits per heavy atom. The number of hydrazine groups is 1. The monoisotopic (exact) mass is 183 g/mol. The molecule has 0 aliphatic rings. The second-order valence-corrected chi connectivity index (χ2v) is 2.40. The number of non-ortho nitro benzene ring substituents is 1. The zero-order valence-electron chi connectivity index (χ0n) is 6.73. The maximum Gasteiger partial charge on any atom is 0.269 e. The van der Waals surface area contributed by atoms with Crippen molar-refractivity contribution in [2.75, 3.05) is 5.43 Å². The fourth-order valence-corrected chi connectivity index (χ4v) is 0.965. The Bertz CT molecular complexity index is 327. The first kappa shape index (κ1) is 9.43. The van der Waals surface area contributed by atoms with Crippen molar-refractivity contribution >= 4 is 11.4 Å². The van der Waals surface area contributed by atoms with Crippen LogP contribution >= 0.6 is 0 Å². The highest BCUT2D eigenvalue weighted by molar-refractivity contribution is 5.54. The molecule has 0 aromatic heterocycles. The lowest BCUT2D eigenvalue weighted by Crippen LogP contribution is -2.09. The summed E-state index contributed by atoms with van der Waals surface area (Å²) in [5.41, 5.74) is 3.14. The minimum Gasteiger partial charge on any atom is -0.392 e. The summed E-state index contributed by atoms with van der Waals surface area (Å²) >= 11 is 0. The van der Waals surface area contributed by atoms with Crippen molar-refractivity contribution < 1.29 is 10.0 Å². The van der Waals surface area contributed by atoms with Crippen LogP contribution < -0.4 is 11.3 Å². The molecule has 6 nitrogen and oxygen atoms in total. The fraction of sp³-hybridized carbons (Fsp3) is 0.143. The molecule has 0 radical (unpaired) electrons. The van der Waals surface area contributed by atoms with Gasteiger partial charge in [0.1, 0.15) is 0 Å². The molecule has 70 valence electrons. The molecule has 0 saturated carbocycles. The molecule has 0 aliphatic carbocycles. The van der Waals surface area contributed by atoms with Gasteiger partial charge in [-0.15, -0.1) is 0 Å². The second kappa shape index (κ2) is 3.83. The lowest BCUT2D eigenvalue weighted by atomic mass is 10.1. The minimum atomic E-state index is -0.528. The molecule has 1 rings (SSSR count). The quantitative estimate of drug-likeness (QED) is 0.357. The van der Waals surface area contributed by atoms with Gasteiger partial charge in [-0.05, 0) is 6.07 Å². The molecule has 1 aromatic carbocycles. The highest BCUT2D eigenvalue weighted by Crippen LogP contribution is 2.20. The van der Waals surface area contributed by atoms with E-state index in [4.69, 9.17) is 10.9 Å². The summed E-state index contributed by atoms with van der Waals surface area (Å²) in [6.45, 7) is -0.290. The lowest BCUT2D eigenvalue weighted by Gasteiger charge is -2.04. The molecule has 0 aliphatic heterocycles. The van der Waals surface area contributed by atoms with Crippen molar-refractivity contribution in [1.82, 2.24) is 0 Å². The topological polar surface area (TPSA) is 101 Å². The smallest absolute Gasteiger partial charge is 0.269 e. The van der Waals surface area contributed by atoms with Gasteiger partial charge in [0, 0.05) is 17.7 Å². The van der Waals surface area contributed by atoms with E-state index in [1.807, 2.05) is 0 Å². The van der Waals surface area contributed by atoms with Gasteiger partial charge < -0.3 is 10.5 Å². The number of nitrogens with two attached hydrogens (primary N) is 1. The SMILES string of the molecule is NNc1ccc([N+](=O)[O-])cc1CO. The number of anilines is 1. The maximum absolute atomic E-state index is 10.3. The van der Waals surface area contributed by atoms with E-state index in [0.29, 0.717) is 11.3 Å². The number of nitrogens with zero attached hydrogens (tertiary/aromatic N) is 1. The van der Waals surface area contributed by atoms with Crippen LogP contribution in [0, 0.1) is 10.1 Å². The zero-order valence-corrected chi connectivity index (χ0v) is 6.73. The largest absolute Gasteiger partial charge is 0.392 e. The molecule has 1 aromatic rings. The average Bonchev–Trinajstić information content (AvgIpc) is 2.16. The number of nitrogens with one attached hydrogen (secondary N) is 1. The first-order valence-electron chi connectivity index (χ1n) is 3.54. The van der Waals surface area contributed by atoms with Crippen molar-refractivity contribution in [1.29, 1.82) is 0 Å². The van der Waals surface area contributed by atoms with Crippen molar-refractivity contribution in [3.63, 3.8) is 0 Å². The number of aliphatic hydroxyl groups is 1. The summed E-state index contributed by atoms with van der Waals surface area (Å²) in [6.07, 6.45) is 0. The molecular weight excluding hydrogens is 174 g/mol. The molecule has 0 fully saturated rings.